The van der Waals surface area contributed by atoms with Crippen LogP contribution in [0.4, 0.5) is 10.1 Å². The summed E-state index contributed by atoms with van der Waals surface area (Å²) in [5.74, 6) is 0. The molecule has 3 heterocycles. The van der Waals surface area contributed by atoms with Crippen LogP contribution in [0.15, 0.2) is 28.1 Å². The molecule has 0 saturated carbocycles. The summed E-state index contributed by atoms with van der Waals surface area (Å²) in [6, 6.07) is 5.24. The highest BCUT2D eigenvalue weighted by atomic mass is 79.9. The van der Waals surface area contributed by atoms with E-state index in [4.69, 9.17) is 17.3 Å². The zero-order valence-electron chi connectivity index (χ0n) is 12.1. The summed E-state index contributed by atoms with van der Waals surface area (Å²) in [6.45, 7) is 2.34. The predicted molar refractivity (Wildman–Crippen MR) is 101 cm³/mol. The number of fused-ring (bicyclic) bond motifs is 1. The summed E-state index contributed by atoms with van der Waals surface area (Å²) >= 11 is 12.6. The maximum atomic E-state index is 14.4. The van der Waals surface area contributed by atoms with E-state index in [0.29, 0.717) is 26.6 Å². The van der Waals surface area contributed by atoms with Crippen molar-refractivity contribution in [1.29, 1.82) is 0 Å². The van der Waals surface area contributed by atoms with Gasteiger partial charge in [-0.05, 0) is 34.3 Å². The van der Waals surface area contributed by atoms with Gasteiger partial charge in [0, 0.05) is 23.5 Å². The van der Waals surface area contributed by atoms with Crippen LogP contribution in [0.5, 0.6) is 0 Å². The van der Waals surface area contributed by atoms with Gasteiger partial charge in [0.1, 0.15) is 5.15 Å². The molecular weight excluding hydrogens is 421 g/mol. The maximum Gasteiger partial charge on any atom is 0.150 e. The molecule has 3 nitrogen and oxygen atoms in total. The van der Waals surface area contributed by atoms with Crippen molar-refractivity contribution in [3.05, 3.63) is 43.0 Å². The monoisotopic (exact) mass is 433 g/mol. The van der Waals surface area contributed by atoms with Gasteiger partial charge in [-0.15, -0.1) is 22.7 Å². The molecule has 0 amide bonds. The number of halogens is 3. The Morgan fingerprint density at radius 3 is 2.96 bits per heavy atom. The first-order chi connectivity index (χ1) is 11.0. The number of thiophene rings is 2. The lowest BCUT2D eigenvalue weighted by molar-refractivity contribution is 0.304. The van der Waals surface area contributed by atoms with E-state index in [1.807, 2.05) is 11.4 Å². The highest BCUT2D eigenvalue weighted by Crippen LogP contribution is 2.44. The van der Waals surface area contributed by atoms with E-state index in [9.17, 15) is 4.39 Å². The molecule has 1 unspecified atom stereocenters. The van der Waals surface area contributed by atoms with E-state index in [0.717, 1.165) is 10.4 Å². The van der Waals surface area contributed by atoms with Gasteiger partial charge >= 0.3 is 0 Å². The minimum Gasteiger partial charge on any atom is -0.379 e. The summed E-state index contributed by atoms with van der Waals surface area (Å²) in [6.07, 6.45) is -1.24. The average molecular weight is 435 g/mol. The Kier molecular flexibility index (Phi) is 5.22. The van der Waals surface area contributed by atoms with Crippen LogP contribution in [-0.4, -0.2) is 11.0 Å². The molecule has 3 aromatic heterocycles. The second-order valence-electron chi connectivity index (χ2n) is 5.14. The SMILES string of the molecule is CC(N)[C@H](F)c1sc2c(NCc3cccs3)cc(Cl)nc2c1Br. The van der Waals surface area contributed by atoms with Gasteiger partial charge < -0.3 is 11.1 Å². The topological polar surface area (TPSA) is 50.9 Å². The van der Waals surface area contributed by atoms with E-state index >= 15 is 0 Å². The molecule has 8 heteroatoms. The molecule has 2 atom stereocenters. The van der Waals surface area contributed by atoms with Crippen molar-refractivity contribution in [1.82, 2.24) is 4.98 Å². The lowest BCUT2D eigenvalue weighted by Crippen LogP contribution is -2.21. The maximum absolute atomic E-state index is 14.4. The van der Waals surface area contributed by atoms with E-state index < -0.39 is 12.2 Å². The molecule has 0 aliphatic carbocycles. The van der Waals surface area contributed by atoms with Crippen LogP contribution in [-0.2, 0) is 6.54 Å². The molecule has 3 aromatic rings. The minimum atomic E-state index is -1.24. The molecule has 3 N–H and O–H groups in total. The Bertz CT molecular complexity index is 820. The zero-order valence-corrected chi connectivity index (χ0v) is 16.1. The number of hydrogen-bond acceptors (Lipinski definition) is 5. The first kappa shape index (κ1) is 17.1. The second kappa shape index (κ2) is 7.03. The Balaban J connectivity index is 2.02. The lowest BCUT2D eigenvalue weighted by atomic mass is 10.2. The second-order valence-corrected chi connectivity index (χ2v) is 8.41. The van der Waals surface area contributed by atoms with Crippen molar-refractivity contribution < 1.29 is 4.39 Å². The van der Waals surface area contributed by atoms with Crippen molar-refractivity contribution in [2.75, 3.05) is 5.32 Å². The molecule has 3 rings (SSSR count). The number of rotatable bonds is 5. The minimum absolute atomic E-state index is 0.368. The van der Waals surface area contributed by atoms with Gasteiger partial charge in [0.2, 0.25) is 0 Å². The van der Waals surface area contributed by atoms with Crippen molar-refractivity contribution in [2.24, 2.45) is 5.73 Å². The van der Waals surface area contributed by atoms with Gasteiger partial charge in [0.05, 0.1) is 25.3 Å². The van der Waals surface area contributed by atoms with Crippen LogP contribution >= 0.6 is 50.2 Å². The fourth-order valence-corrected chi connectivity index (χ4v) is 5.11. The third-order valence-corrected chi connectivity index (χ3v) is 6.73. The number of aromatic nitrogens is 1. The van der Waals surface area contributed by atoms with E-state index in [-0.39, 0.29) is 0 Å². The Hall–Kier alpha value is -0.730. The third kappa shape index (κ3) is 3.53. The van der Waals surface area contributed by atoms with Crippen molar-refractivity contribution in [2.45, 2.75) is 25.7 Å². The molecule has 0 aliphatic rings. The summed E-state index contributed by atoms with van der Waals surface area (Å²) in [5.41, 5.74) is 7.21. The van der Waals surface area contributed by atoms with Gasteiger partial charge in [-0.3, -0.25) is 0 Å². The molecular formula is C15H14BrClFN3S2. The number of hydrogen-bond donors (Lipinski definition) is 2. The fourth-order valence-electron chi connectivity index (χ4n) is 2.17. The van der Waals surface area contributed by atoms with Crippen molar-refractivity contribution in [3.8, 4) is 0 Å². The summed E-state index contributed by atoms with van der Waals surface area (Å²) in [4.78, 5) is 6.08. The highest BCUT2D eigenvalue weighted by Gasteiger charge is 2.24. The number of nitrogens with one attached hydrogen (secondary N) is 1. The van der Waals surface area contributed by atoms with Crippen LogP contribution in [0.3, 0.4) is 0 Å². The Morgan fingerprint density at radius 1 is 1.52 bits per heavy atom. The zero-order chi connectivity index (χ0) is 16.6. The van der Waals surface area contributed by atoms with E-state index in [2.05, 4.69) is 32.3 Å². The molecule has 0 fully saturated rings. The molecule has 0 saturated heterocycles. The Labute approximate surface area is 154 Å². The summed E-state index contributed by atoms with van der Waals surface area (Å²) < 4.78 is 15.9. The standard InChI is InChI=1S/C15H14BrClFN3S2/c1-7(19)12(18)15-11(16)13-14(23-15)9(5-10(17)21-13)20-6-8-3-2-4-22-8/h2-5,7,12H,6,19H2,1H3,(H,20,21)/t7?,12-/m0/s1. The summed E-state index contributed by atoms with van der Waals surface area (Å²) in [7, 11) is 0. The van der Waals surface area contributed by atoms with Crippen LogP contribution < -0.4 is 11.1 Å². The van der Waals surface area contributed by atoms with Gasteiger partial charge in [0.25, 0.3) is 0 Å². The fraction of sp³-hybridized carbons (Fsp3) is 0.267. The van der Waals surface area contributed by atoms with E-state index in [1.165, 1.54) is 16.2 Å². The quantitative estimate of drug-likeness (QED) is 0.503. The predicted octanol–water partition coefficient (Wildman–Crippen LogP) is 5.74. The van der Waals surface area contributed by atoms with Crippen LogP contribution in [0.25, 0.3) is 10.2 Å². The first-order valence-electron chi connectivity index (χ1n) is 6.91. The van der Waals surface area contributed by atoms with Gasteiger partial charge in [-0.25, -0.2) is 9.37 Å². The first-order valence-corrected chi connectivity index (χ1v) is 9.78. The molecule has 0 aromatic carbocycles. The molecule has 122 valence electrons. The summed E-state index contributed by atoms with van der Waals surface area (Å²) in [5, 5.41) is 5.76. The smallest absolute Gasteiger partial charge is 0.150 e. The van der Waals surface area contributed by atoms with Crippen molar-refractivity contribution >= 4 is 66.1 Å². The van der Waals surface area contributed by atoms with Gasteiger partial charge in [0.15, 0.2) is 6.17 Å². The molecule has 0 spiro atoms. The number of anilines is 1. The number of nitrogens with zero attached hydrogens (tertiary/aromatic N) is 1. The van der Waals surface area contributed by atoms with Crippen molar-refractivity contribution in [3.63, 3.8) is 0 Å². The Morgan fingerprint density at radius 2 is 2.30 bits per heavy atom. The normalized spacial score (nSPS) is 14.1. The molecule has 0 bridgehead atoms. The number of pyridine rings is 1. The largest absolute Gasteiger partial charge is 0.379 e. The van der Waals surface area contributed by atoms with E-state index in [1.54, 1.807) is 24.3 Å². The number of alkyl halides is 1. The molecule has 23 heavy (non-hydrogen) atoms. The van der Waals surface area contributed by atoms with Crippen LogP contribution in [0, 0.1) is 0 Å². The molecule has 0 radical (unpaired) electrons. The van der Waals surface area contributed by atoms with Crippen LogP contribution in [0.2, 0.25) is 5.15 Å². The highest BCUT2D eigenvalue weighted by molar-refractivity contribution is 9.10. The number of nitrogens with two attached hydrogens (primary N) is 1. The average Bonchev–Trinajstić information content (AvgIpc) is 3.13. The third-order valence-electron chi connectivity index (χ3n) is 3.32. The van der Waals surface area contributed by atoms with Gasteiger partial charge in [-0.2, -0.15) is 0 Å². The van der Waals surface area contributed by atoms with Gasteiger partial charge in [-0.1, -0.05) is 17.7 Å². The molecule has 0 aliphatic heterocycles. The lowest BCUT2D eigenvalue weighted by Gasteiger charge is -2.09. The van der Waals surface area contributed by atoms with Crippen LogP contribution in [0.1, 0.15) is 22.8 Å².